The molecule has 0 unspecified atom stereocenters. The SMILES string of the molecule is CC1(C)OB(C(=Cc2ccc(F)c(/C=C/C(=O)O)c2)CNC(=O)OCC2c3ccccc3-c3ccccc32)OC1(C)C. The summed E-state index contributed by atoms with van der Waals surface area (Å²) >= 11 is 0. The van der Waals surface area contributed by atoms with Crippen molar-refractivity contribution in [2.45, 2.75) is 44.8 Å². The first-order valence-corrected chi connectivity index (χ1v) is 13.8. The van der Waals surface area contributed by atoms with Gasteiger partial charge in [-0.15, -0.1) is 0 Å². The molecule has 7 nitrogen and oxygen atoms in total. The van der Waals surface area contributed by atoms with E-state index in [1.807, 2.05) is 52.0 Å². The summed E-state index contributed by atoms with van der Waals surface area (Å²) < 4.78 is 32.5. The Bertz CT molecular complexity index is 1520. The van der Waals surface area contributed by atoms with Crippen LogP contribution in [0.15, 0.2) is 78.3 Å². The highest BCUT2D eigenvalue weighted by atomic mass is 19.1. The molecule has 2 N–H and O–H groups in total. The molecule has 1 amide bonds. The molecule has 0 saturated carbocycles. The Balaban J connectivity index is 1.33. The average molecular weight is 569 g/mol. The lowest BCUT2D eigenvalue weighted by Gasteiger charge is -2.32. The standard InChI is InChI=1S/C33H33BFNO6/c1-32(2)33(3,4)42-34(41-32)23(18-21-13-15-29(35)22(17-21)14-16-30(37)38)19-36-31(39)40-20-28-26-11-7-5-9-24(26)25-10-6-8-12-27(25)28/h5-18,28H,19-20H2,1-4H3,(H,36,39)(H,37,38)/b16-14+,23-18?. The second-order valence-electron chi connectivity index (χ2n) is 11.4. The molecule has 1 heterocycles. The monoisotopic (exact) mass is 569 g/mol. The van der Waals surface area contributed by atoms with E-state index in [0.717, 1.165) is 28.3 Å². The molecule has 2 aliphatic rings. The molecule has 0 spiro atoms. The van der Waals surface area contributed by atoms with Crippen molar-refractivity contribution < 1.29 is 33.1 Å². The highest BCUT2D eigenvalue weighted by Gasteiger charge is 2.52. The predicted molar refractivity (Wildman–Crippen MR) is 160 cm³/mol. The molecule has 5 rings (SSSR count). The van der Waals surface area contributed by atoms with E-state index in [9.17, 15) is 14.0 Å². The van der Waals surface area contributed by atoms with Gasteiger partial charge in [-0.1, -0.05) is 60.7 Å². The van der Waals surface area contributed by atoms with E-state index < -0.39 is 36.2 Å². The summed E-state index contributed by atoms with van der Waals surface area (Å²) in [5, 5.41) is 11.8. The van der Waals surface area contributed by atoms with Gasteiger partial charge in [0.1, 0.15) is 12.4 Å². The molecule has 0 radical (unpaired) electrons. The van der Waals surface area contributed by atoms with Gasteiger partial charge in [0.05, 0.1) is 11.2 Å². The number of aliphatic carboxylic acids is 1. The third-order valence-corrected chi connectivity index (χ3v) is 8.11. The summed E-state index contributed by atoms with van der Waals surface area (Å²) in [5.74, 6) is -1.81. The van der Waals surface area contributed by atoms with Gasteiger partial charge in [0, 0.05) is 24.1 Å². The summed E-state index contributed by atoms with van der Waals surface area (Å²) in [6.07, 6.45) is 3.21. The van der Waals surface area contributed by atoms with Crippen molar-refractivity contribution in [1.82, 2.24) is 5.32 Å². The number of benzene rings is 3. The summed E-state index contributed by atoms with van der Waals surface area (Å²) in [7, 11) is -0.785. The number of alkyl carbamates (subject to hydrolysis) is 1. The molecule has 1 aliphatic carbocycles. The Labute approximate surface area is 245 Å². The normalized spacial score (nSPS) is 17.3. The summed E-state index contributed by atoms with van der Waals surface area (Å²) in [5.41, 5.74) is 4.56. The van der Waals surface area contributed by atoms with Crippen LogP contribution in [0, 0.1) is 5.82 Å². The minimum absolute atomic E-state index is 0.0468. The largest absolute Gasteiger partial charge is 0.492 e. The van der Waals surface area contributed by atoms with Crippen LogP contribution in [0.5, 0.6) is 0 Å². The molecule has 0 aromatic heterocycles. The highest BCUT2D eigenvalue weighted by Crippen LogP contribution is 2.44. The van der Waals surface area contributed by atoms with Crippen LogP contribution in [-0.4, -0.2) is 48.6 Å². The second-order valence-corrected chi connectivity index (χ2v) is 11.4. The van der Waals surface area contributed by atoms with Crippen LogP contribution >= 0.6 is 0 Å². The maximum atomic E-state index is 14.3. The molecule has 216 valence electrons. The number of fused-ring (bicyclic) bond motifs is 3. The smallest absolute Gasteiger partial charge is 0.478 e. The highest BCUT2D eigenvalue weighted by molar-refractivity contribution is 6.56. The van der Waals surface area contributed by atoms with Gasteiger partial charge < -0.3 is 24.5 Å². The molecule has 42 heavy (non-hydrogen) atoms. The molecule has 3 aromatic rings. The molecule has 1 aliphatic heterocycles. The van der Waals surface area contributed by atoms with Gasteiger partial charge in [-0.2, -0.15) is 0 Å². The van der Waals surface area contributed by atoms with Gasteiger partial charge in [-0.3, -0.25) is 0 Å². The number of carboxylic acids is 1. The average Bonchev–Trinajstić information content (AvgIpc) is 3.38. The zero-order valence-corrected chi connectivity index (χ0v) is 24.0. The number of carbonyl (C=O) groups excluding carboxylic acids is 1. The Hall–Kier alpha value is -4.21. The van der Waals surface area contributed by atoms with Crippen LogP contribution in [0.4, 0.5) is 9.18 Å². The number of carboxylic acid groups (broad SMARTS) is 1. The zero-order valence-electron chi connectivity index (χ0n) is 24.0. The van der Waals surface area contributed by atoms with Crippen LogP contribution in [0.2, 0.25) is 0 Å². The first-order chi connectivity index (χ1) is 19.9. The Morgan fingerprint density at radius 2 is 1.57 bits per heavy atom. The van der Waals surface area contributed by atoms with Crippen LogP contribution < -0.4 is 5.32 Å². The van der Waals surface area contributed by atoms with E-state index in [0.29, 0.717) is 11.0 Å². The van der Waals surface area contributed by atoms with Crippen molar-refractivity contribution in [2.75, 3.05) is 13.2 Å². The second kappa shape index (κ2) is 11.6. The number of rotatable bonds is 8. The van der Waals surface area contributed by atoms with Crippen molar-refractivity contribution in [1.29, 1.82) is 0 Å². The van der Waals surface area contributed by atoms with E-state index >= 15 is 0 Å². The lowest BCUT2D eigenvalue weighted by molar-refractivity contribution is -0.131. The van der Waals surface area contributed by atoms with Gasteiger partial charge in [0.2, 0.25) is 0 Å². The molecule has 0 bridgehead atoms. The molecule has 1 fully saturated rings. The lowest BCUT2D eigenvalue weighted by atomic mass is 9.77. The number of nitrogens with one attached hydrogen (secondary N) is 1. The molecule has 0 atom stereocenters. The number of hydrogen-bond acceptors (Lipinski definition) is 5. The number of amides is 1. The van der Waals surface area contributed by atoms with E-state index in [-0.39, 0.29) is 24.6 Å². The van der Waals surface area contributed by atoms with Crippen molar-refractivity contribution in [2.24, 2.45) is 0 Å². The first-order valence-electron chi connectivity index (χ1n) is 13.8. The van der Waals surface area contributed by atoms with Gasteiger partial charge >= 0.3 is 19.2 Å². The first kappa shape index (κ1) is 29.3. The predicted octanol–water partition coefficient (Wildman–Crippen LogP) is 6.48. The maximum Gasteiger partial charge on any atom is 0.492 e. The lowest BCUT2D eigenvalue weighted by Crippen LogP contribution is -2.41. The maximum absolute atomic E-state index is 14.3. The van der Waals surface area contributed by atoms with Crippen molar-refractivity contribution in [3.63, 3.8) is 0 Å². The van der Waals surface area contributed by atoms with Crippen LogP contribution in [0.25, 0.3) is 23.3 Å². The molecular formula is C33H33BFNO6. The third-order valence-electron chi connectivity index (χ3n) is 8.11. The molecular weight excluding hydrogens is 536 g/mol. The van der Waals surface area contributed by atoms with Gasteiger partial charge in [-0.05, 0) is 79.2 Å². The quantitative estimate of drug-likeness (QED) is 0.238. The Kier molecular flexibility index (Phi) is 8.08. The molecule has 1 saturated heterocycles. The van der Waals surface area contributed by atoms with Crippen LogP contribution in [0.3, 0.4) is 0 Å². The van der Waals surface area contributed by atoms with Gasteiger partial charge in [0.25, 0.3) is 0 Å². The fourth-order valence-electron chi connectivity index (χ4n) is 5.18. The number of carbonyl (C=O) groups is 2. The number of ether oxygens (including phenoxy) is 1. The number of halogens is 1. The fourth-order valence-corrected chi connectivity index (χ4v) is 5.18. The molecule has 9 heteroatoms. The molecule has 3 aromatic carbocycles. The van der Waals surface area contributed by atoms with Crippen LogP contribution in [0.1, 0.15) is 55.9 Å². The summed E-state index contributed by atoms with van der Waals surface area (Å²) in [4.78, 5) is 23.9. The van der Waals surface area contributed by atoms with Gasteiger partial charge in [-0.25, -0.2) is 14.0 Å². The summed E-state index contributed by atoms with van der Waals surface area (Å²) in [6.45, 7) is 7.93. The third kappa shape index (κ3) is 6.03. The fraction of sp³-hybridized carbons (Fsp3) is 0.273. The van der Waals surface area contributed by atoms with E-state index in [1.54, 1.807) is 12.1 Å². The summed E-state index contributed by atoms with van der Waals surface area (Å²) in [6, 6.07) is 20.6. The van der Waals surface area contributed by atoms with Crippen molar-refractivity contribution in [3.05, 3.63) is 106 Å². The topological polar surface area (TPSA) is 94.1 Å². The van der Waals surface area contributed by atoms with E-state index in [1.165, 1.54) is 18.2 Å². The minimum atomic E-state index is -1.18. The van der Waals surface area contributed by atoms with Crippen LogP contribution in [-0.2, 0) is 18.8 Å². The Morgan fingerprint density at radius 3 is 2.17 bits per heavy atom. The van der Waals surface area contributed by atoms with Crippen molar-refractivity contribution >= 4 is 31.3 Å². The van der Waals surface area contributed by atoms with Crippen molar-refractivity contribution in [3.8, 4) is 11.1 Å². The van der Waals surface area contributed by atoms with Gasteiger partial charge in [0.15, 0.2) is 0 Å². The van der Waals surface area contributed by atoms with E-state index in [4.69, 9.17) is 19.2 Å². The minimum Gasteiger partial charge on any atom is -0.478 e. The Morgan fingerprint density at radius 1 is 0.976 bits per heavy atom. The number of hydrogen-bond donors (Lipinski definition) is 2. The van der Waals surface area contributed by atoms with E-state index in [2.05, 4.69) is 29.6 Å². The zero-order chi connectivity index (χ0) is 30.1.